The lowest BCUT2D eigenvalue weighted by molar-refractivity contribution is -0.136. The number of Topliss-reactive ketones (excluding diaryl/α,β-unsaturated/α-hetero) is 1. The zero-order valence-electron chi connectivity index (χ0n) is 19.2. The summed E-state index contributed by atoms with van der Waals surface area (Å²) in [5.41, 5.74) is 7.48. The van der Waals surface area contributed by atoms with E-state index in [2.05, 4.69) is 21.3 Å². The SMILES string of the molecule is C#CCCN(CC(=O)Nc1cc(C(=O)CN)ccc1C)C(=O)[C@H](NC(=O)OC)c1ccccc1. The first-order valence-corrected chi connectivity index (χ1v) is 10.6. The van der Waals surface area contributed by atoms with Crippen molar-refractivity contribution in [2.75, 3.05) is 32.1 Å². The van der Waals surface area contributed by atoms with Crippen molar-refractivity contribution < 1.29 is 23.9 Å². The van der Waals surface area contributed by atoms with Gasteiger partial charge in [0.15, 0.2) is 5.78 Å². The van der Waals surface area contributed by atoms with E-state index in [1.54, 1.807) is 55.5 Å². The lowest BCUT2D eigenvalue weighted by Crippen LogP contribution is -2.46. The number of amides is 3. The molecular formula is C25H28N4O5. The van der Waals surface area contributed by atoms with Crippen LogP contribution in [0.15, 0.2) is 48.5 Å². The molecule has 2 aromatic rings. The van der Waals surface area contributed by atoms with Crippen molar-refractivity contribution in [2.24, 2.45) is 5.73 Å². The van der Waals surface area contributed by atoms with Gasteiger partial charge in [-0.1, -0.05) is 42.5 Å². The monoisotopic (exact) mass is 464 g/mol. The van der Waals surface area contributed by atoms with Crippen LogP contribution in [0.3, 0.4) is 0 Å². The Morgan fingerprint density at radius 3 is 2.47 bits per heavy atom. The minimum Gasteiger partial charge on any atom is -0.453 e. The third-order valence-electron chi connectivity index (χ3n) is 5.02. The molecule has 0 heterocycles. The van der Waals surface area contributed by atoms with Gasteiger partial charge in [-0.05, 0) is 24.1 Å². The minimum atomic E-state index is -1.08. The molecule has 0 radical (unpaired) electrons. The number of carbonyl (C=O) groups excluding carboxylic acids is 4. The van der Waals surface area contributed by atoms with E-state index in [1.807, 2.05) is 0 Å². The van der Waals surface area contributed by atoms with E-state index in [0.29, 0.717) is 16.8 Å². The fraction of sp³-hybridized carbons (Fsp3) is 0.280. The minimum absolute atomic E-state index is 0.0968. The number of benzene rings is 2. The van der Waals surface area contributed by atoms with E-state index < -0.39 is 23.9 Å². The highest BCUT2D eigenvalue weighted by Crippen LogP contribution is 2.19. The number of carbonyl (C=O) groups is 4. The molecule has 34 heavy (non-hydrogen) atoms. The molecule has 0 fully saturated rings. The molecule has 0 aromatic heterocycles. The number of ketones is 1. The smallest absolute Gasteiger partial charge is 0.407 e. The van der Waals surface area contributed by atoms with Gasteiger partial charge in [0.05, 0.1) is 20.2 Å². The van der Waals surface area contributed by atoms with Crippen LogP contribution in [0.1, 0.15) is 33.9 Å². The Labute approximate surface area is 198 Å². The van der Waals surface area contributed by atoms with Crippen molar-refractivity contribution >= 4 is 29.4 Å². The molecule has 0 aliphatic carbocycles. The summed E-state index contributed by atoms with van der Waals surface area (Å²) < 4.78 is 4.66. The number of hydrogen-bond donors (Lipinski definition) is 3. The molecule has 3 amide bonds. The van der Waals surface area contributed by atoms with E-state index in [-0.39, 0.29) is 31.8 Å². The lowest BCUT2D eigenvalue weighted by Gasteiger charge is -2.27. The molecule has 0 bridgehead atoms. The summed E-state index contributed by atoms with van der Waals surface area (Å²) in [5, 5.41) is 5.25. The van der Waals surface area contributed by atoms with E-state index in [1.165, 1.54) is 12.0 Å². The highest BCUT2D eigenvalue weighted by Gasteiger charge is 2.29. The number of nitrogens with one attached hydrogen (secondary N) is 2. The Morgan fingerprint density at radius 1 is 1.15 bits per heavy atom. The van der Waals surface area contributed by atoms with Crippen LogP contribution >= 0.6 is 0 Å². The van der Waals surface area contributed by atoms with Gasteiger partial charge in [-0.15, -0.1) is 12.3 Å². The first kappa shape index (κ1) is 26.1. The molecule has 0 saturated carbocycles. The summed E-state index contributed by atoms with van der Waals surface area (Å²) in [6.07, 6.45) is 4.79. The van der Waals surface area contributed by atoms with Crippen LogP contribution in [0.25, 0.3) is 0 Å². The second-order valence-corrected chi connectivity index (χ2v) is 7.40. The van der Waals surface area contributed by atoms with Crippen LogP contribution in [-0.2, 0) is 14.3 Å². The van der Waals surface area contributed by atoms with Gasteiger partial charge in [0.2, 0.25) is 11.8 Å². The number of rotatable bonds is 10. The summed E-state index contributed by atoms with van der Waals surface area (Å²) in [6, 6.07) is 12.4. The Balaban J connectivity index is 2.26. The van der Waals surface area contributed by atoms with E-state index >= 15 is 0 Å². The van der Waals surface area contributed by atoms with Gasteiger partial charge >= 0.3 is 6.09 Å². The van der Waals surface area contributed by atoms with Gasteiger partial charge in [0.1, 0.15) is 6.04 Å². The van der Waals surface area contributed by atoms with Gasteiger partial charge in [-0.25, -0.2) is 4.79 Å². The largest absolute Gasteiger partial charge is 0.453 e. The Bertz CT molecular complexity index is 1080. The van der Waals surface area contributed by atoms with Crippen molar-refractivity contribution in [2.45, 2.75) is 19.4 Å². The first-order chi connectivity index (χ1) is 16.3. The maximum Gasteiger partial charge on any atom is 0.407 e. The molecule has 0 aliphatic heterocycles. The fourth-order valence-corrected chi connectivity index (χ4v) is 3.17. The van der Waals surface area contributed by atoms with E-state index in [0.717, 1.165) is 5.56 Å². The molecular weight excluding hydrogens is 436 g/mol. The lowest BCUT2D eigenvalue weighted by atomic mass is 10.1. The van der Waals surface area contributed by atoms with Gasteiger partial charge in [-0.2, -0.15) is 0 Å². The van der Waals surface area contributed by atoms with Crippen LogP contribution in [0, 0.1) is 19.3 Å². The van der Waals surface area contributed by atoms with Crippen LogP contribution < -0.4 is 16.4 Å². The molecule has 9 nitrogen and oxygen atoms in total. The number of methoxy groups -OCH3 is 1. The van der Waals surface area contributed by atoms with Gasteiger partial charge in [-0.3, -0.25) is 14.4 Å². The molecule has 0 saturated heterocycles. The number of hydrogen-bond acceptors (Lipinski definition) is 6. The van der Waals surface area contributed by atoms with Crippen molar-refractivity contribution in [3.8, 4) is 12.3 Å². The maximum absolute atomic E-state index is 13.4. The fourth-order valence-electron chi connectivity index (χ4n) is 3.17. The molecule has 9 heteroatoms. The van der Waals surface area contributed by atoms with Crippen molar-refractivity contribution in [3.63, 3.8) is 0 Å². The topological polar surface area (TPSA) is 131 Å². The standard InChI is InChI=1S/C25H28N4O5/c1-4-5-13-29(24(32)23(28-25(33)34-3)18-9-7-6-8-10-18)16-22(31)27-20-14-19(21(30)15-26)12-11-17(20)2/h1,6-12,14,23H,5,13,15-16,26H2,2-3H3,(H,27,31)(H,28,33)/t23-/m1/s1. The highest BCUT2D eigenvalue weighted by molar-refractivity contribution is 6.01. The molecule has 2 aromatic carbocycles. The van der Waals surface area contributed by atoms with Crippen LogP contribution in [0.5, 0.6) is 0 Å². The molecule has 4 N–H and O–H groups in total. The maximum atomic E-state index is 13.4. The van der Waals surface area contributed by atoms with Crippen LogP contribution in [0.2, 0.25) is 0 Å². The number of anilines is 1. The van der Waals surface area contributed by atoms with Crippen LogP contribution in [-0.4, -0.2) is 55.3 Å². The molecule has 0 aliphatic rings. The number of nitrogens with zero attached hydrogens (tertiary/aromatic N) is 1. The van der Waals surface area contributed by atoms with E-state index in [4.69, 9.17) is 12.2 Å². The number of ether oxygens (including phenoxy) is 1. The highest BCUT2D eigenvalue weighted by atomic mass is 16.5. The summed E-state index contributed by atoms with van der Waals surface area (Å²) in [6.45, 7) is 1.40. The zero-order valence-corrected chi connectivity index (χ0v) is 19.2. The molecule has 1 atom stereocenters. The van der Waals surface area contributed by atoms with Gasteiger partial charge < -0.3 is 26.0 Å². The Hall–Kier alpha value is -4.16. The molecule has 0 unspecified atom stereocenters. The molecule has 178 valence electrons. The van der Waals surface area contributed by atoms with Crippen molar-refractivity contribution in [1.29, 1.82) is 0 Å². The van der Waals surface area contributed by atoms with Gasteiger partial charge in [0.25, 0.3) is 0 Å². The summed E-state index contributed by atoms with van der Waals surface area (Å²) in [5.74, 6) is 1.18. The predicted molar refractivity (Wildman–Crippen MR) is 128 cm³/mol. The second-order valence-electron chi connectivity index (χ2n) is 7.40. The number of alkyl carbamates (subject to hydrolysis) is 1. The number of terminal acetylenes is 1. The second kappa shape index (κ2) is 12.8. The Kier molecular flexibility index (Phi) is 9.80. The average Bonchev–Trinajstić information content (AvgIpc) is 2.85. The van der Waals surface area contributed by atoms with Crippen molar-refractivity contribution in [3.05, 3.63) is 65.2 Å². The third-order valence-corrected chi connectivity index (χ3v) is 5.02. The summed E-state index contributed by atoms with van der Waals surface area (Å²) in [7, 11) is 1.19. The van der Waals surface area contributed by atoms with E-state index in [9.17, 15) is 19.2 Å². The Morgan fingerprint density at radius 2 is 1.85 bits per heavy atom. The zero-order chi connectivity index (χ0) is 25.1. The quantitative estimate of drug-likeness (QED) is 0.364. The average molecular weight is 465 g/mol. The molecule has 2 rings (SSSR count). The number of nitrogens with two attached hydrogens (primary N) is 1. The third kappa shape index (κ3) is 7.18. The number of aryl methyl sites for hydroxylation is 1. The van der Waals surface area contributed by atoms with Crippen molar-refractivity contribution in [1.82, 2.24) is 10.2 Å². The first-order valence-electron chi connectivity index (χ1n) is 10.6. The normalized spacial score (nSPS) is 11.0. The summed E-state index contributed by atoms with van der Waals surface area (Å²) in [4.78, 5) is 51.3. The predicted octanol–water partition coefficient (Wildman–Crippen LogP) is 2.02. The summed E-state index contributed by atoms with van der Waals surface area (Å²) >= 11 is 0. The molecule has 0 spiro atoms. The van der Waals surface area contributed by atoms with Gasteiger partial charge in [0, 0.05) is 24.2 Å². The van der Waals surface area contributed by atoms with Crippen LogP contribution in [0.4, 0.5) is 10.5 Å².